The van der Waals surface area contributed by atoms with E-state index in [0.29, 0.717) is 11.3 Å². The first-order valence-corrected chi connectivity index (χ1v) is 6.54. The van der Waals surface area contributed by atoms with E-state index in [0.717, 1.165) is 18.4 Å². The van der Waals surface area contributed by atoms with Crippen molar-refractivity contribution in [1.82, 2.24) is 0 Å². The number of rotatable bonds is 6. The van der Waals surface area contributed by atoms with Crippen LogP contribution in [0.1, 0.15) is 37.0 Å². The maximum Gasteiger partial charge on any atom is 0.237 e. The molecular weight excluding hydrogens is 236 g/mol. The van der Waals surface area contributed by atoms with Crippen molar-refractivity contribution < 1.29 is 9.53 Å². The summed E-state index contributed by atoms with van der Waals surface area (Å²) in [5, 5.41) is 0. The first-order chi connectivity index (χ1) is 9.35. The van der Waals surface area contributed by atoms with E-state index in [1.54, 1.807) is 6.07 Å². The zero-order chi connectivity index (χ0) is 13.5. The molecule has 2 nitrogen and oxygen atoms in total. The fraction of sp³-hybridized carbons (Fsp3) is 0.235. The second kappa shape index (κ2) is 6.74. The molecule has 0 aliphatic heterocycles. The Hall–Kier alpha value is -2.09. The molecule has 97 valence electrons. The molecule has 0 spiro atoms. The van der Waals surface area contributed by atoms with Crippen LogP contribution < -0.4 is 4.74 Å². The molecule has 2 aromatic rings. The van der Waals surface area contributed by atoms with E-state index in [4.69, 9.17) is 4.74 Å². The van der Waals surface area contributed by atoms with Gasteiger partial charge < -0.3 is 4.74 Å². The Morgan fingerprint density at radius 3 is 2.42 bits per heavy atom. The third kappa shape index (κ3) is 3.44. The fourth-order valence-corrected chi connectivity index (χ4v) is 2.03. The van der Waals surface area contributed by atoms with Crippen LogP contribution in [0.3, 0.4) is 0 Å². The second-order valence-corrected chi connectivity index (χ2v) is 4.40. The van der Waals surface area contributed by atoms with Crippen molar-refractivity contribution in [2.45, 2.75) is 25.9 Å². The summed E-state index contributed by atoms with van der Waals surface area (Å²) >= 11 is 0. The number of hydrogen-bond donors (Lipinski definition) is 0. The Morgan fingerprint density at radius 2 is 1.74 bits per heavy atom. The zero-order valence-corrected chi connectivity index (χ0v) is 11.0. The highest BCUT2D eigenvalue weighted by molar-refractivity contribution is 5.79. The molecule has 0 heterocycles. The van der Waals surface area contributed by atoms with Gasteiger partial charge in [-0.15, -0.1) is 0 Å². The van der Waals surface area contributed by atoms with Crippen LogP contribution in [-0.2, 0) is 4.79 Å². The topological polar surface area (TPSA) is 26.3 Å². The molecule has 0 amide bonds. The van der Waals surface area contributed by atoms with Crippen molar-refractivity contribution in [2.24, 2.45) is 0 Å². The molecule has 1 atom stereocenters. The molecule has 0 aliphatic rings. The van der Waals surface area contributed by atoms with Crippen molar-refractivity contribution in [2.75, 3.05) is 0 Å². The maximum atomic E-state index is 10.9. The van der Waals surface area contributed by atoms with E-state index in [-0.39, 0.29) is 6.10 Å². The van der Waals surface area contributed by atoms with E-state index in [1.165, 1.54) is 0 Å². The van der Waals surface area contributed by atoms with Gasteiger partial charge in [-0.05, 0) is 24.1 Å². The predicted molar refractivity (Wildman–Crippen MR) is 76.0 cm³/mol. The smallest absolute Gasteiger partial charge is 0.237 e. The summed E-state index contributed by atoms with van der Waals surface area (Å²) in [7, 11) is 0. The first-order valence-electron chi connectivity index (χ1n) is 6.54. The molecule has 0 aliphatic carbocycles. The van der Waals surface area contributed by atoms with Crippen LogP contribution in [0.15, 0.2) is 54.6 Å². The number of ether oxygens (including phenoxy) is 1. The minimum absolute atomic E-state index is 0.0271. The fourth-order valence-electron chi connectivity index (χ4n) is 2.03. The van der Waals surface area contributed by atoms with Crippen LogP contribution in [-0.4, -0.2) is 6.29 Å². The summed E-state index contributed by atoms with van der Waals surface area (Å²) in [5.74, 6) is 0.597. The second-order valence-electron chi connectivity index (χ2n) is 4.40. The Labute approximate surface area is 114 Å². The lowest BCUT2D eigenvalue weighted by Crippen LogP contribution is -2.08. The molecule has 0 fully saturated rings. The van der Waals surface area contributed by atoms with Crippen LogP contribution in [0.25, 0.3) is 0 Å². The van der Waals surface area contributed by atoms with Gasteiger partial charge in [0, 0.05) is 0 Å². The molecule has 2 aromatic carbocycles. The molecule has 19 heavy (non-hydrogen) atoms. The van der Waals surface area contributed by atoms with Gasteiger partial charge in [0.05, 0.1) is 5.56 Å². The summed E-state index contributed by atoms with van der Waals surface area (Å²) in [6.45, 7) is 2.12. The number of carbonyl (C=O) groups excluding carboxylic acids is 1. The van der Waals surface area contributed by atoms with Crippen molar-refractivity contribution in [3.63, 3.8) is 0 Å². The average Bonchev–Trinajstić information content (AvgIpc) is 2.48. The van der Waals surface area contributed by atoms with Gasteiger partial charge in [-0.25, -0.2) is 0 Å². The summed E-state index contributed by atoms with van der Waals surface area (Å²) in [6.07, 6.45) is 3.83. The molecular formula is C17H17O2. The molecule has 2 heteroatoms. The predicted octanol–water partition coefficient (Wildman–Crippen LogP) is 4.06. The van der Waals surface area contributed by atoms with Crippen molar-refractivity contribution in [1.29, 1.82) is 0 Å². The van der Waals surface area contributed by atoms with E-state index >= 15 is 0 Å². The monoisotopic (exact) mass is 253 g/mol. The minimum atomic E-state index is -0.0271. The van der Waals surface area contributed by atoms with Gasteiger partial charge in [-0.2, -0.15) is 0 Å². The Kier molecular flexibility index (Phi) is 4.73. The number of benzene rings is 2. The van der Waals surface area contributed by atoms with Gasteiger partial charge in [0.25, 0.3) is 0 Å². The molecule has 1 radical (unpaired) electrons. The van der Waals surface area contributed by atoms with E-state index in [9.17, 15) is 4.79 Å². The van der Waals surface area contributed by atoms with E-state index in [1.807, 2.05) is 54.8 Å². The summed E-state index contributed by atoms with van der Waals surface area (Å²) in [4.78, 5) is 10.9. The van der Waals surface area contributed by atoms with Gasteiger partial charge >= 0.3 is 0 Å². The average molecular weight is 253 g/mol. The maximum absolute atomic E-state index is 10.9. The molecule has 0 aromatic heterocycles. The summed E-state index contributed by atoms with van der Waals surface area (Å²) < 4.78 is 6.00. The standard InChI is InChI=1S/C17H17O2/c1-2-8-16(14-9-4-3-5-10-14)19-17-12-7-6-11-15(17)13-18/h3-7,9-12,16H,2,8H2,1H3. The highest BCUT2D eigenvalue weighted by atomic mass is 16.5. The summed E-state index contributed by atoms with van der Waals surface area (Å²) in [5.41, 5.74) is 1.60. The van der Waals surface area contributed by atoms with Crippen molar-refractivity contribution >= 4 is 6.29 Å². The van der Waals surface area contributed by atoms with Crippen LogP contribution >= 0.6 is 0 Å². The molecule has 0 saturated carbocycles. The van der Waals surface area contributed by atoms with Crippen molar-refractivity contribution in [3.05, 3.63) is 65.7 Å². The lowest BCUT2D eigenvalue weighted by molar-refractivity contribution is 0.193. The van der Waals surface area contributed by atoms with Gasteiger partial charge in [-0.1, -0.05) is 55.8 Å². The number of para-hydroxylation sites is 1. The number of hydrogen-bond acceptors (Lipinski definition) is 2. The quantitative estimate of drug-likeness (QED) is 0.775. The normalized spacial score (nSPS) is 11.8. The van der Waals surface area contributed by atoms with Crippen LogP contribution in [0.5, 0.6) is 5.75 Å². The van der Waals surface area contributed by atoms with Crippen LogP contribution in [0.2, 0.25) is 0 Å². The zero-order valence-electron chi connectivity index (χ0n) is 11.0. The van der Waals surface area contributed by atoms with Gasteiger partial charge in [0.2, 0.25) is 6.29 Å². The van der Waals surface area contributed by atoms with Gasteiger partial charge in [0.15, 0.2) is 0 Å². The van der Waals surface area contributed by atoms with Gasteiger partial charge in [-0.3, -0.25) is 4.79 Å². The minimum Gasteiger partial charge on any atom is -0.485 e. The van der Waals surface area contributed by atoms with E-state index < -0.39 is 0 Å². The third-order valence-corrected chi connectivity index (χ3v) is 2.99. The highest BCUT2D eigenvalue weighted by Crippen LogP contribution is 2.27. The molecule has 0 bridgehead atoms. The van der Waals surface area contributed by atoms with Crippen molar-refractivity contribution in [3.8, 4) is 5.75 Å². The lowest BCUT2D eigenvalue weighted by atomic mass is 10.0. The Bertz CT molecular complexity index is 520. The molecule has 1 unspecified atom stereocenters. The first kappa shape index (κ1) is 13.3. The van der Waals surface area contributed by atoms with Gasteiger partial charge in [0.1, 0.15) is 11.9 Å². The molecule has 0 N–H and O–H groups in total. The van der Waals surface area contributed by atoms with Crippen LogP contribution in [0.4, 0.5) is 0 Å². The Balaban J connectivity index is 2.24. The largest absolute Gasteiger partial charge is 0.485 e. The third-order valence-electron chi connectivity index (χ3n) is 2.99. The Morgan fingerprint density at radius 1 is 1.05 bits per heavy atom. The molecule has 0 saturated heterocycles. The lowest BCUT2D eigenvalue weighted by Gasteiger charge is -2.19. The molecule has 2 rings (SSSR count). The van der Waals surface area contributed by atoms with Crippen LogP contribution in [0, 0.1) is 0 Å². The highest BCUT2D eigenvalue weighted by Gasteiger charge is 2.14. The van der Waals surface area contributed by atoms with E-state index in [2.05, 4.69) is 6.92 Å². The summed E-state index contributed by atoms with van der Waals surface area (Å²) in [6, 6.07) is 17.3. The SMILES string of the molecule is CCCC(Oc1ccccc1[C]=O)c1ccccc1.